The van der Waals surface area contributed by atoms with E-state index >= 15 is 0 Å². The summed E-state index contributed by atoms with van der Waals surface area (Å²) in [6.07, 6.45) is 1.00. The normalized spacial score (nSPS) is 12.8. The van der Waals surface area contributed by atoms with Gasteiger partial charge in [-0.1, -0.05) is 18.2 Å². The standard InChI is InChI=1S/C16H15FN2O/c1-10-7-16(13(11(2)20)8-14(10)17)19-15-6-4-3-5-12(15)9-18-19/h3-9,11,20H,1-2H3/t11-/m1/s1. The van der Waals surface area contributed by atoms with Crippen molar-refractivity contribution in [2.75, 3.05) is 0 Å². The molecule has 0 bridgehead atoms. The maximum Gasteiger partial charge on any atom is 0.126 e. The van der Waals surface area contributed by atoms with E-state index in [9.17, 15) is 9.50 Å². The molecule has 20 heavy (non-hydrogen) atoms. The molecule has 1 N–H and O–H groups in total. The summed E-state index contributed by atoms with van der Waals surface area (Å²) < 4.78 is 15.5. The van der Waals surface area contributed by atoms with Crippen LogP contribution in [0.3, 0.4) is 0 Å². The highest BCUT2D eigenvalue weighted by Crippen LogP contribution is 2.27. The van der Waals surface area contributed by atoms with Crippen LogP contribution < -0.4 is 0 Å². The van der Waals surface area contributed by atoms with Gasteiger partial charge in [-0.3, -0.25) is 0 Å². The number of para-hydroxylation sites is 1. The molecule has 0 aliphatic heterocycles. The summed E-state index contributed by atoms with van der Waals surface area (Å²) in [6.45, 7) is 3.33. The van der Waals surface area contributed by atoms with Crippen molar-refractivity contribution in [3.05, 3.63) is 59.5 Å². The van der Waals surface area contributed by atoms with E-state index in [1.807, 2.05) is 24.3 Å². The van der Waals surface area contributed by atoms with Crippen molar-refractivity contribution < 1.29 is 9.50 Å². The van der Waals surface area contributed by atoms with E-state index < -0.39 is 6.10 Å². The summed E-state index contributed by atoms with van der Waals surface area (Å²) in [7, 11) is 0. The minimum absolute atomic E-state index is 0.318. The van der Waals surface area contributed by atoms with Gasteiger partial charge in [0.2, 0.25) is 0 Å². The van der Waals surface area contributed by atoms with Gasteiger partial charge in [0.1, 0.15) is 5.82 Å². The van der Waals surface area contributed by atoms with Crippen molar-refractivity contribution >= 4 is 10.9 Å². The Morgan fingerprint density at radius 3 is 2.75 bits per heavy atom. The first-order valence-electron chi connectivity index (χ1n) is 6.49. The molecule has 0 saturated carbocycles. The first-order chi connectivity index (χ1) is 9.58. The topological polar surface area (TPSA) is 38.0 Å². The number of aromatic nitrogens is 2. The Bertz CT molecular complexity index is 777. The summed E-state index contributed by atoms with van der Waals surface area (Å²) in [5, 5.41) is 15.3. The SMILES string of the molecule is Cc1cc(-n2ncc3ccccc32)c([C@@H](C)O)cc1F. The third-order valence-electron chi connectivity index (χ3n) is 3.46. The third-order valence-corrected chi connectivity index (χ3v) is 3.46. The van der Waals surface area contributed by atoms with Crippen LogP contribution >= 0.6 is 0 Å². The quantitative estimate of drug-likeness (QED) is 0.773. The number of aliphatic hydroxyl groups excluding tert-OH is 1. The van der Waals surface area contributed by atoms with E-state index in [1.54, 1.807) is 30.8 Å². The van der Waals surface area contributed by atoms with E-state index in [1.165, 1.54) is 6.07 Å². The van der Waals surface area contributed by atoms with Gasteiger partial charge in [-0.15, -0.1) is 0 Å². The Balaban J connectivity index is 2.31. The van der Waals surface area contributed by atoms with Crippen LogP contribution in [0.1, 0.15) is 24.2 Å². The van der Waals surface area contributed by atoms with Crippen LogP contribution in [-0.2, 0) is 0 Å². The first-order valence-corrected chi connectivity index (χ1v) is 6.49. The monoisotopic (exact) mass is 270 g/mol. The second-order valence-electron chi connectivity index (χ2n) is 4.95. The minimum Gasteiger partial charge on any atom is -0.389 e. The number of hydrogen-bond donors (Lipinski definition) is 1. The van der Waals surface area contributed by atoms with Crippen LogP contribution in [0.4, 0.5) is 4.39 Å². The maximum absolute atomic E-state index is 13.7. The van der Waals surface area contributed by atoms with Gasteiger partial charge in [-0.05, 0) is 37.6 Å². The summed E-state index contributed by atoms with van der Waals surface area (Å²) >= 11 is 0. The molecule has 0 unspecified atom stereocenters. The lowest BCUT2D eigenvalue weighted by Crippen LogP contribution is -2.06. The smallest absolute Gasteiger partial charge is 0.126 e. The van der Waals surface area contributed by atoms with Gasteiger partial charge in [0.25, 0.3) is 0 Å². The Morgan fingerprint density at radius 1 is 1.25 bits per heavy atom. The molecule has 3 nitrogen and oxygen atoms in total. The summed E-state index contributed by atoms with van der Waals surface area (Å²) in [5.41, 5.74) is 2.70. The predicted molar refractivity (Wildman–Crippen MR) is 76.4 cm³/mol. The Morgan fingerprint density at radius 2 is 2.00 bits per heavy atom. The number of benzene rings is 2. The molecular formula is C16H15FN2O. The Hall–Kier alpha value is -2.20. The van der Waals surface area contributed by atoms with E-state index in [4.69, 9.17) is 0 Å². The second-order valence-corrected chi connectivity index (χ2v) is 4.95. The summed E-state index contributed by atoms with van der Waals surface area (Å²) in [6, 6.07) is 10.9. The number of halogens is 1. The lowest BCUT2D eigenvalue weighted by Gasteiger charge is -2.14. The van der Waals surface area contributed by atoms with Crippen molar-refractivity contribution in [2.24, 2.45) is 0 Å². The number of aryl methyl sites for hydroxylation is 1. The first kappa shape index (κ1) is 12.8. The van der Waals surface area contributed by atoms with Gasteiger partial charge < -0.3 is 5.11 Å². The molecule has 0 radical (unpaired) electrons. The lowest BCUT2D eigenvalue weighted by molar-refractivity contribution is 0.198. The van der Waals surface area contributed by atoms with Gasteiger partial charge in [0.05, 0.1) is 23.5 Å². The second kappa shape index (κ2) is 4.72. The van der Waals surface area contributed by atoms with Crippen LogP contribution in [0.15, 0.2) is 42.6 Å². The highest BCUT2D eigenvalue weighted by molar-refractivity contribution is 5.80. The number of aliphatic hydroxyl groups is 1. The molecule has 0 spiro atoms. The molecule has 0 aliphatic carbocycles. The van der Waals surface area contributed by atoms with E-state index in [0.29, 0.717) is 16.8 Å². The number of rotatable bonds is 2. The molecule has 2 aromatic carbocycles. The predicted octanol–water partition coefficient (Wildman–Crippen LogP) is 3.53. The van der Waals surface area contributed by atoms with Crippen LogP contribution in [0.5, 0.6) is 0 Å². The van der Waals surface area contributed by atoms with Gasteiger partial charge in [-0.2, -0.15) is 5.10 Å². The Kier molecular flexibility index (Phi) is 3.03. The summed E-state index contributed by atoms with van der Waals surface area (Å²) in [5.74, 6) is -0.318. The van der Waals surface area contributed by atoms with Crippen LogP contribution in [0.25, 0.3) is 16.6 Å². The van der Waals surface area contributed by atoms with Crippen molar-refractivity contribution in [3.63, 3.8) is 0 Å². The molecule has 3 aromatic rings. The van der Waals surface area contributed by atoms with Crippen LogP contribution in [-0.4, -0.2) is 14.9 Å². The average Bonchev–Trinajstić information content (AvgIpc) is 2.85. The maximum atomic E-state index is 13.7. The van der Waals surface area contributed by atoms with Gasteiger partial charge in [-0.25, -0.2) is 9.07 Å². The van der Waals surface area contributed by atoms with E-state index in [-0.39, 0.29) is 5.82 Å². The fourth-order valence-electron chi connectivity index (χ4n) is 2.36. The molecule has 0 fully saturated rings. The van der Waals surface area contributed by atoms with Crippen molar-refractivity contribution in [1.82, 2.24) is 9.78 Å². The molecule has 3 rings (SSSR count). The molecular weight excluding hydrogens is 255 g/mol. The fraction of sp³-hybridized carbons (Fsp3) is 0.188. The molecule has 4 heteroatoms. The van der Waals surface area contributed by atoms with Crippen molar-refractivity contribution in [1.29, 1.82) is 0 Å². The zero-order valence-corrected chi connectivity index (χ0v) is 11.3. The van der Waals surface area contributed by atoms with Crippen LogP contribution in [0, 0.1) is 12.7 Å². The Labute approximate surface area is 116 Å². The van der Waals surface area contributed by atoms with E-state index in [2.05, 4.69) is 5.10 Å². The van der Waals surface area contributed by atoms with Gasteiger partial charge in [0.15, 0.2) is 0 Å². The molecule has 0 aliphatic rings. The molecule has 0 amide bonds. The van der Waals surface area contributed by atoms with Gasteiger partial charge >= 0.3 is 0 Å². The number of fused-ring (bicyclic) bond motifs is 1. The zero-order chi connectivity index (χ0) is 14.3. The van der Waals surface area contributed by atoms with Crippen molar-refractivity contribution in [3.8, 4) is 5.69 Å². The fourth-order valence-corrected chi connectivity index (χ4v) is 2.36. The average molecular weight is 270 g/mol. The molecule has 102 valence electrons. The molecule has 1 atom stereocenters. The summed E-state index contributed by atoms with van der Waals surface area (Å²) in [4.78, 5) is 0. The molecule has 1 heterocycles. The highest BCUT2D eigenvalue weighted by atomic mass is 19.1. The highest BCUT2D eigenvalue weighted by Gasteiger charge is 2.15. The molecule has 1 aromatic heterocycles. The van der Waals surface area contributed by atoms with E-state index in [0.717, 1.165) is 10.9 Å². The molecule has 0 saturated heterocycles. The van der Waals surface area contributed by atoms with Crippen molar-refractivity contribution in [2.45, 2.75) is 20.0 Å². The largest absolute Gasteiger partial charge is 0.389 e. The minimum atomic E-state index is -0.761. The van der Waals surface area contributed by atoms with Crippen LogP contribution in [0.2, 0.25) is 0 Å². The lowest BCUT2D eigenvalue weighted by atomic mass is 10.0. The number of nitrogens with zero attached hydrogens (tertiary/aromatic N) is 2. The zero-order valence-electron chi connectivity index (χ0n) is 11.3. The third kappa shape index (κ3) is 1.98. The van der Waals surface area contributed by atoms with Gasteiger partial charge in [0, 0.05) is 10.9 Å². The number of hydrogen-bond acceptors (Lipinski definition) is 2.